The lowest BCUT2D eigenvalue weighted by molar-refractivity contribution is 0.282. The molecule has 0 saturated carbocycles. The first kappa shape index (κ1) is 15.7. The Morgan fingerprint density at radius 3 is 2.10 bits per heavy atom. The van der Waals surface area contributed by atoms with Gasteiger partial charge in [0.15, 0.2) is 0 Å². The van der Waals surface area contributed by atoms with Gasteiger partial charge in [0.25, 0.3) is 0 Å². The minimum absolute atomic E-state index is 0.0142. The van der Waals surface area contributed by atoms with Crippen LogP contribution in [-0.2, 0) is 23.1 Å². The zero-order valence-corrected chi connectivity index (χ0v) is 12.7. The van der Waals surface area contributed by atoms with Gasteiger partial charge in [0.1, 0.15) is 0 Å². The predicted octanol–water partition coefficient (Wildman–Crippen LogP) is 2.01. The monoisotopic (exact) mass is 305 g/mol. The van der Waals surface area contributed by atoms with E-state index in [2.05, 4.69) is 4.72 Å². The normalized spacial score (nSPS) is 11.5. The summed E-state index contributed by atoms with van der Waals surface area (Å²) in [6.07, 6.45) is 0.608. The molecule has 0 aliphatic carbocycles. The fourth-order valence-electron chi connectivity index (χ4n) is 1.94. The molecule has 0 atom stereocenters. The summed E-state index contributed by atoms with van der Waals surface area (Å²) in [7, 11) is -3.45. The van der Waals surface area contributed by atoms with E-state index >= 15 is 0 Å². The highest BCUT2D eigenvalue weighted by Gasteiger charge is 2.12. The number of aryl methyl sites for hydroxylation is 1. The van der Waals surface area contributed by atoms with Crippen molar-refractivity contribution in [2.75, 3.05) is 6.54 Å². The maximum absolute atomic E-state index is 12.1. The van der Waals surface area contributed by atoms with Crippen LogP contribution in [0.1, 0.15) is 16.7 Å². The number of nitrogens with one attached hydrogen (secondary N) is 1. The van der Waals surface area contributed by atoms with Crippen LogP contribution in [0.25, 0.3) is 0 Å². The van der Waals surface area contributed by atoms with Gasteiger partial charge in [0.05, 0.1) is 11.5 Å². The first-order valence-electron chi connectivity index (χ1n) is 6.76. The van der Waals surface area contributed by atoms with E-state index in [-0.39, 0.29) is 11.5 Å². The number of hydrogen-bond acceptors (Lipinski definition) is 3. The standard InChI is InChI=1S/C16H19NO3S/c1-13-2-8-16(9-3-13)21(19,20)17-11-10-14-4-6-15(12-18)7-5-14/h2-9,17-18H,10-12H2,1H3. The van der Waals surface area contributed by atoms with Crippen molar-refractivity contribution in [3.63, 3.8) is 0 Å². The zero-order valence-electron chi connectivity index (χ0n) is 11.9. The van der Waals surface area contributed by atoms with Crippen LogP contribution < -0.4 is 4.72 Å². The SMILES string of the molecule is Cc1ccc(S(=O)(=O)NCCc2ccc(CO)cc2)cc1. The van der Waals surface area contributed by atoms with Crippen molar-refractivity contribution in [2.45, 2.75) is 24.8 Å². The van der Waals surface area contributed by atoms with Crippen molar-refractivity contribution in [1.29, 1.82) is 0 Å². The molecule has 0 bridgehead atoms. The highest BCUT2D eigenvalue weighted by Crippen LogP contribution is 2.10. The molecule has 0 radical (unpaired) electrons. The number of aliphatic hydroxyl groups excluding tert-OH is 1. The van der Waals surface area contributed by atoms with Crippen molar-refractivity contribution in [3.8, 4) is 0 Å². The summed E-state index contributed by atoms with van der Waals surface area (Å²) in [4.78, 5) is 0.281. The first-order chi connectivity index (χ1) is 10.0. The van der Waals surface area contributed by atoms with Crippen LogP contribution >= 0.6 is 0 Å². The molecule has 21 heavy (non-hydrogen) atoms. The van der Waals surface area contributed by atoms with E-state index in [0.717, 1.165) is 16.7 Å². The van der Waals surface area contributed by atoms with E-state index in [0.29, 0.717) is 13.0 Å². The van der Waals surface area contributed by atoms with Crippen LogP contribution in [0, 0.1) is 6.92 Å². The Morgan fingerprint density at radius 1 is 0.952 bits per heavy atom. The van der Waals surface area contributed by atoms with Gasteiger partial charge in [0, 0.05) is 6.54 Å². The second kappa shape index (κ2) is 6.85. The molecule has 0 spiro atoms. The van der Waals surface area contributed by atoms with Crippen LogP contribution in [-0.4, -0.2) is 20.1 Å². The van der Waals surface area contributed by atoms with Gasteiger partial charge in [-0.25, -0.2) is 13.1 Å². The van der Waals surface area contributed by atoms with Gasteiger partial charge in [-0.2, -0.15) is 0 Å². The molecule has 0 saturated heterocycles. The van der Waals surface area contributed by atoms with Crippen LogP contribution in [0.3, 0.4) is 0 Å². The Morgan fingerprint density at radius 2 is 1.52 bits per heavy atom. The average molecular weight is 305 g/mol. The fourth-order valence-corrected chi connectivity index (χ4v) is 2.97. The molecule has 0 aliphatic rings. The Kier molecular flexibility index (Phi) is 5.12. The van der Waals surface area contributed by atoms with Gasteiger partial charge >= 0.3 is 0 Å². The largest absolute Gasteiger partial charge is 0.392 e. The number of hydrogen-bond donors (Lipinski definition) is 2. The molecule has 0 aromatic heterocycles. The minimum atomic E-state index is -3.45. The third-order valence-corrected chi connectivity index (χ3v) is 4.72. The molecule has 112 valence electrons. The molecule has 2 aromatic rings. The molecule has 0 fully saturated rings. The van der Waals surface area contributed by atoms with Crippen molar-refractivity contribution in [3.05, 3.63) is 65.2 Å². The molecule has 2 rings (SSSR count). The number of rotatable bonds is 6. The van der Waals surface area contributed by atoms with Gasteiger partial charge < -0.3 is 5.11 Å². The summed E-state index contributed by atoms with van der Waals surface area (Å²) >= 11 is 0. The Labute approximate surface area is 125 Å². The van der Waals surface area contributed by atoms with Gasteiger partial charge in [0.2, 0.25) is 10.0 Å². The molecule has 0 heterocycles. The first-order valence-corrected chi connectivity index (χ1v) is 8.24. The molecule has 0 amide bonds. The topological polar surface area (TPSA) is 66.4 Å². The van der Waals surface area contributed by atoms with Crippen molar-refractivity contribution in [2.24, 2.45) is 0 Å². The van der Waals surface area contributed by atoms with E-state index in [1.165, 1.54) is 0 Å². The second-order valence-electron chi connectivity index (χ2n) is 4.94. The summed E-state index contributed by atoms with van der Waals surface area (Å²) in [6.45, 7) is 2.27. The summed E-state index contributed by atoms with van der Waals surface area (Å²) in [5.74, 6) is 0. The third-order valence-electron chi connectivity index (χ3n) is 3.24. The lowest BCUT2D eigenvalue weighted by Crippen LogP contribution is -2.26. The zero-order chi connectivity index (χ0) is 15.3. The molecular formula is C16H19NO3S. The van der Waals surface area contributed by atoms with Gasteiger partial charge in [-0.05, 0) is 36.6 Å². The van der Waals surface area contributed by atoms with E-state index in [1.54, 1.807) is 24.3 Å². The maximum atomic E-state index is 12.1. The lowest BCUT2D eigenvalue weighted by atomic mass is 10.1. The quantitative estimate of drug-likeness (QED) is 0.858. The smallest absolute Gasteiger partial charge is 0.240 e. The number of benzene rings is 2. The molecule has 5 heteroatoms. The highest BCUT2D eigenvalue weighted by atomic mass is 32.2. The van der Waals surface area contributed by atoms with E-state index in [1.807, 2.05) is 31.2 Å². The molecule has 4 nitrogen and oxygen atoms in total. The molecule has 0 unspecified atom stereocenters. The van der Waals surface area contributed by atoms with Gasteiger partial charge in [-0.3, -0.25) is 0 Å². The highest BCUT2D eigenvalue weighted by molar-refractivity contribution is 7.89. The van der Waals surface area contributed by atoms with E-state index in [4.69, 9.17) is 5.11 Å². The summed E-state index contributed by atoms with van der Waals surface area (Å²) < 4.78 is 26.8. The maximum Gasteiger partial charge on any atom is 0.240 e. The predicted molar refractivity (Wildman–Crippen MR) is 82.4 cm³/mol. The van der Waals surface area contributed by atoms with E-state index in [9.17, 15) is 8.42 Å². The van der Waals surface area contributed by atoms with Crippen molar-refractivity contribution >= 4 is 10.0 Å². The summed E-state index contributed by atoms with van der Waals surface area (Å²) in [6, 6.07) is 14.2. The summed E-state index contributed by atoms with van der Waals surface area (Å²) in [5.41, 5.74) is 2.90. The Bertz CT molecular complexity index is 676. The molecule has 0 aliphatic heterocycles. The van der Waals surface area contributed by atoms with Crippen LogP contribution in [0.15, 0.2) is 53.4 Å². The van der Waals surface area contributed by atoms with E-state index < -0.39 is 10.0 Å². The second-order valence-corrected chi connectivity index (χ2v) is 6.70. The lowest BCUT2D eigenvalue weighted by Gasteiger charge is -2.07. The van der Waals surface area contributed by atoms with Crippen LogP contribution in [0.4, 0.5) is 0 Å². The summed E-state index contributed by atoms with van der Waals surface area (Å²) in [5, 5.41) is 8.97. The molecule has 2 N–H and O–H groups in total. The fraction of sp³-hybridized carbons (Fsp3) is 0.250. The molecule has 2 aromatic carbocycles. The van der Waals surface area contributed by atoms with Gasteiger partial charge in [-0.15, -0.1) is 0 Å². The van der Waals surface area contributed by atoms with Gasteiger partial charge in [-0.1, -0.05) is 42.0 Å². The Balaban J connectivity index is 1.93. The van der Waals surface area contributed by atoms with Crippen LogP contribution in [0.5, 0.6) is 0 Å². The number of aliphatic hydroxyl groups is 1. The third kappa shape index (κ3) is 4.39. The Hall–Kier alpha value is -1.69. The molecular weight excluding hydrogens is 286 g/mol. The van der Waals surface area contributed by atoms with Crippen LogP contribution in [0.2, 0.25) is 0 Å². The minimum Gasteiger partial charge on any atom is -0.392 e. The number of sulfonamides is 1. The van der Waals surface area contributed by atoms with Crippen molar-refractivity contribution in [1.82, 2.24) is 4.72 Å². The average Bonchev–Trinajstić information content (AvgIpc) is 2.48. The van der Waals surface area contributed by atoms with Crippen molar-refractivity contribution < 1.29 is 13.5 Å².